The van der Waals surface area contributed by atoms with Gasteiger partial charge in [-0.1, -0.05) is 0 Å². The summed E-state index contributed by atoms with van der Waals surface area (Å²) < 4.78 is 24.1. The molecule has 23 heavy (non-hydrogen) atoms. The first-order valence-corrected chi connectivity index (χ1v) is 8.01. The number of amides is 1. The number of hydrogen-bond donors (Lipinski definition) is 2. The summed E-state index contributed by atoms with van der Waals surface area (Å²) in [4.78, 5) is 12.0. The topological polar surface area (TPSA) is 59.6 Å². The van der Waals surface area contributed by atoms with Crippen molar-refractivity contribution in [3.05, 3.63) is 29.6 Å². The summed E-state index contributed by atoms with van der Waals surface area (Å²) >= 11 is 0. The first-order valence-electron chi connectivity index (χ1n) is 8.01. The molecule has 0 saturated carbocycles. The van der Waals surface area contributed by atoms with Crippen LogP contribution in [-0.4, -0.2) is 39.3 Å². The summed E-state index contributed by atoms with van der Waals surface area (Å²) in [5.41, 5.74) is 0.609. The Bertz CT molecular complexity index is 519. The predicted octanol–water partition coefficient (Wildman–Crippen LogP) is 2.03. The van der Waals surface area contributed by atoms with Crippen molar-refractivity contribution in [1.82, 2.24) is 10.6 Å². The van der Waals surface area contributed by atoms with Gasteiger partial charge in [-0.25, -0.2) is 4.39 Å². The molecule has 2 N–H and O–H groups in total. The Hall–Kier alpha value is -1.66. The number of rotatable bonds is 7. The number of halogens is 1. The van der Waals surface area contributed by atoms with E-state index in [1.807, 2.05) is 0 Å². The molecule has 0 unspecified atom stereocenters. The van der Waals surface area contributed by atoms with Gasteiger partial charge in [0.2, 0.25) is 5.91 Å². The van der Waals surface area contributed by atoms with Crippen molar-refractivity contribution in [2.75, 3.05) is 33.4 Å². The molecule has 1 aliphatic heterocycles. The van der Waals surface area contributed by atoms with Gasteiger partial charge in [0, 0.05) is 12.1 Å². The molecule has 1 amide bonds. The van der Waals surface area contributed by atoms with Gasteiger partial charge in [0.05, 0.1) is 19.8 Å². The van der Waals surface area contributed by atoms with Crippen LogP contribution in [0.15, 0.2) is 18.2 Å². The van der Waals surface area contributed by atoms with Crippen molar-refractivity contribution < 1.29 is 18.7 Å². The van der Waals surface area contributed by atoms with Crippen molar-refractivity contribution in [2.45, 2.75) is 25.8 Å². The van der Waals surface area contributed by atoms with Crippen LogP contribution in [0, 0.1) is 11.7 Å². The Morgan fingerprint density at radius 2 is 2.35 bits per heavy atom. The van der Waals surface area contributed by atoms with Gasteiger partial charge in [-0.05, 0) is 50.4 Å². The van der Waals surface area contributed by atoms with Gasteiger partial charge in [0.25, 0.3) is 0 Å². The van der Waals surface area contributed by atoms with Gasteiger partial charge >= 0.3 is 0 Å². The molecular weight excluding hydrogens is 299 g/mol. The summed E-state index contributed by atoms with van der Waals surface area (Å²) in [5, 5.41) is 6.12. The third-order valence-electron chi connectivity index (χ3n) is 4.02. The second-order valence-corrected chi connectivity index (χ2v) is 5.90. The minimum absolute atomic E-state index is 0.0124. The van der Waals surface area contributed by atoms with Crippen LogP contribution >= 0.6 is 0 Å². The highest BCUT2D eigenvalue weighted by atomic mass is 19.1. The maximum absolute atomic E-state index is 13.4. The number of piperidine rings is 1. The second kappa shape index (κ2) is 8.84. The summed E-state index contributed by atoms with van der Waals surface area (Å²) in [6.45, 7) is 4.39. The van der Waals surface area contributed by atoms with Crippen molar-refractivity contribution in [3.63, 3.8) is 0 Å². The van der Waals surface area contributed by atoms with Gasteiger partial charge in [-0.3, -0.25) is 4.79 Å². The number of nitrogens with one attached hydrogen (secondary N) is 2. The van der Waals surface area contributed by atoms with Crippen LogP contribution in [0.2, 0.25) is 0 Å². The van der Waals surface area contributed by atoms with E-state index in [0.717, 1.165) is 25.9 Å². The molecule has 0 aliphatic carbocycles. The van der Waals surface area contributed by atoms with Gasteiger partial charge in [-0.15, -0.1) is 0 Å². The molecule has 1 aromatic rings. The van der Waals surface area contributed by atoms with Crippen LogP contribution in [-0.2, 0) is 9.53 Å². The lowest BCUT2D eigenvalue weighted by Crippen LogP contribution is -2.34. The van der Waals surface area contributed by atoms with E-state index in [-0.39, 0.29) is 24.4 Å². The molecule has 1 saturated heterocycles. The summed E-state index contributed by atoms with van der Waals surface area (Å²) in [6.07, 6.45) is 2.28. The molecule has 1 aliphatic rings. The first kappa shape index (κ1) is 17.7. The monoisotopic (exact) mass is 324 g/mol. The highest BCUT2D eigenvalue weighted by Crippen LogP contribution is 2.25. The molecule has 1 aromatic carbocycles. The second-order valence-electron chi connectivity index (χ2n) is 5.90. The summed E-state index contributed by atoms with van der Waals surface area (Å²) in [6, 6.07) is 3.91. The molecule has 0 aromatic heterocycles. The molecule has 0 radical (unpaired) electrons. The van der Waals surface area contributed by atoms with E-state index >= 15 is 0 Å². The zero-order chi connectivity index (χ0) is 16.7. The van der Waals surface area contributed by atoms with Crippen LogP contribution < -0.4 is 15.4 Å². The highest BCUT2D eigenvalue weighted by Gasteiger charge is 2.17. The third kappa shape index (κ3) is 5.48. The van der Waals surface area contributed by atoms with E-state index in [9.17, 15) is 9.18 Å². The van der Waals surface area contributed by atoms with Gasteiger partial charge in [0.15, 0.2) is 0 Å². The normalized spacial score (nSPS) is 19.2. The largest absolute Gasteiger partial charge is 0.496 e. The number of carbonyl (C=O) groups is 1. The molecule has 2 rings (SSSR count). The fourth-order valence-corrected chi connectivity index (χ4v) is 2.79. The Balaban J connectivity index is 1.79. The third-order valence-corrected chi connectivity index (χ3v) is 4.02. The predicted molar refractivity (Wildman–Crippen MR) is 85.9 cm³/mol. The van der Waals surface area contributed by atoms with Crippen molar-refractivity contribution in [1.29, 1.82) is 0 Å². The highest BCUT2D eigenvalue weighted by molar-refractivity contribution is 5.77. The van der Waals surface area contributed by atoms with Gasteiger partial charge in [-0.2, -0.15) is 0 Å². The molecule has 0 spiro atoms. The molecule has 1 heterocycles. The standard InChI is InChI=1S/C17H25FN2O3/c1-12(15-8-14(18)5-6-16(15)22-2)20-17(21)11-23-10-13-4-3-7-19-9-13/h5-6,8,12-13,19H,3-4,7,9-11H2,1-2H3,(H,20,21)/t12-,13+/m1/s1. The minimum Gasteiger partial charge on any atom is -0.496 e. The Kier molecular flexibility index (Phi) is 6.80. The van der Waals surface area contributed by atoms with Crippen molar-refractivity contribution >= 4 is 5.91 Å². The van der Waals surface area contributed by atoms with E-state index in [1.165, 1.54) is 19.2 Å². The zero-order valence-electron chi connectivity index (χ0n) is 13.7. The minimum atomic E-state index is -0.358. The summed E-state index contributed by atoms with van der Waals surface area (Å²) in [5.74, 6) is 0.446. The van der Waals surface area contributed by atoms with Gasteiger partial charge < -0.3 is 20.1 Å². The number of hydrogen-bond acceptors (Lipinski definition) is 4. The number of ether oxygens (including phenoxy) is 2. The SMILES string of the molecule is COc1ccc(F)cc1[C@@H](C)NC(=O)COC[C@H]1CCCNC1. The fraction of sp³-hybridized carbons (Fsp3) is 0.588. The average Bonchev–Trinajstić information content (AvgIpc) is 2.55. The Morgan fingerprint density at radius 1 is 1.52 bits per heavy atom. The van der Waals surface area contributed by atoms with E-state index in [4.69, 9.17) is 9.47 Å². The van der Waals surface area contributed by atoms with Crippen molar-refractivity contribution in [2.24, 2.45) is 5.92 Å². The zero-order valence-corrected chi connectivity index (χ0v) is 13.7. The molecular formula is C17H25FN2O3. The fourth-order valence-electron chi connectivity index (χ4n) is 2.79. The number of methoxy groups -OCH3 is 1. The lowest BCUT2D eigenvalue weighted by atomic mass is 10.0. The smallest absolute Gasteiger partial charge is 0.246 e. The molecule has 2 atom stereocenters. The Morgan fingerprint density at radius 3 is 3.04 bits per heavy atom. The maximum atomic E-state index is 13.4. The molecule has 0 bridgehead atoms. The quantitative estimate of drug-likeness (QED) is 0.806. The van der Waals surface area contributed by atoms with E-state index in [1.54, 1.807) is 13.0 Å². The lowest BCUT2D eigenvalue weighted by molar-refractivity contribution is -0.126. The van der Waals surface area contributed by atoms with E-state index in [0.29, 0.717) is 23.8 Å². The maximum Gasteiger partial charge on any atom is 0.246 e. The van der Waals surface area contributed by atoms with E-state index < -0.39 is 0 Å². The number of carbonyl (C=O) groups excluding carboxylic acids is 1. The van der Waals surface area contributed by atoms with E-state index in [2.05, 4.69) is 10.6 Å². The number of benzene rings is 1. The molecule has 5 nitrogen and oxygen atoms in total. The van der Waals surface area contributed by atoms with Gasteiger partial charge in [0.1, 0.15) is 18.2 Å². The van der Waals surface area contributed by atoms with Crippen LogP contribution in [0.25, 0.3) is 0 Å². The lowest BCUT2D eigenvalue weighted by Gasteiger charge is -2.22. The first-order chi connectivity index (χ1) is 11.1. The van der Waals surface area contributed by atoms with Crippen LogP contribution in [0.4, 0.5) is 4.39 Å². The van der Waals surface area contributed by atoms with Crippen LogP contribution in [0.1, 0.15) is 31.4 Å². The van der Waals surface area contributed by atoms with Crippen molar-refractivity contribution in [3.8, 4) is 5.75 Å². The molecule has 6 heteroatoms. The van der Waals surface area contributed by atoms with Crippen LogP contribution in [0.3, 0.4) is 0 Å². The Labute approximate surface area is 136 Å². The summed E-state index contributed by atoms with van der Waals surface area (Å²) in [7, 11) is 1.52. The molecule has 1 fully saturated rings. The average molecular weight is 324 g/mol. The molecule has 128 valence electrons. The van der Waals surface area contributed by atoms with Crippen LogP contribution in [0.5, 0.6) is 5.75 Å².